The van der Waals surface area contributed by atoms with E-state index in [0.717, 1.165) is 4.47 Å². The number of carbonyl (C=O) groups excluding carboxylic acids is 2. The maximum atomic E-state index is 13.1. The van der Waals surface area contributed by atoms with Crippen LogP contribution >= 0.6 is 58.3 Å². The second-order valence-electron chi connectivity index (χ2n) is 5.36. The maximum Gasteiger partial charge on any atom is 0.408 e. The molecule has 0 aromatic heterocycles. The molecule has 0 heterocycles. The number of amides is 1. The van der Waals surface area contributed by atoms with Crippen molar-refractivity contribution in [3.05, 3.63) is 34.3 Å². The number of hydrogen-bond acceptors (Lipinski definition) is 6. The monoisotopic (exact) mass is 537 g/mol. The molecule has 1 aromatic carbocycles. The van der Waals surface area contributed by atoms with Crippen LogP contribution in [-0.2, 0) is 18.3 Å². The second-order valence-corrected chi connectivity index (χ2v) is 11.0. The minimum atomic E-state index is -3.87. The van der Waals surface area contributed by atoms with E-state index < -0.39 is 29.9 Å². The molecule has 0 saturated heterocycles. The Balaban J connectivity index is 3.02. The highest BCUT2D eigenvalue weighted by Gasteiger charge is 2.39. The smallest absolute Gasteiger partial charge is 0.408 e. The molecule has 0 unspecified atom stereocenters. The summed E-state index contributed by atoms with van der Waals surface area (Å²) in [5.74, 6) is -1.66. The van der Waals surface area contributed by atoms with Crippen molar-refractivity contribution in [3.63, 3.8) is 0 Å². The zero-order valence-corrected chi connectivity index (χ0v) is 19.9. The number of benzene rings is 1. The Kier molecular flexibility index (Phi) is 10.8. The maximum absolute atomic E-state index is 13.1. The van der Waals surface area contributed by atoms with Crippen LogP contribution in [0.15, 0.2) is 28.7 Å². The molecule has 0 aliphatic heterocycles. The van der Waals surface area contributed by atoms with Gasteiger partial charge in [-0.1, -0.05) is 62.9 Å². The van der Waals surface area contributed by atoms with Crippen molar-refractivity contribution >= 4 is 70.2 Å². The van der Waals surface area contributed by atoms with E-state index in [9.17, 15) is 14.2 Å². The number of alkyl carbamates (subject to hydrolysis) is 1. The summed E-state index contributed by atoms with van der Waals surface area (Å²) in [6, 6.07) is 6.57. The van der Waals surface area contributed by atoms with E-state index in [0.29, 0.717) is 5.56 Å². The molecule has 0 aliphatic rings. The van der Waals surface area contributed by atoms with Crippen LogP contribution in [-0.4, -0.2) is 41.3 Å². The Morgan fingerprint density at radius 2 is 1.68 bits per heavy atom. The third-order valence-electron chi connectivity index (χ3n) is 3.20. The first-order valence-corrected chi connectivity index (χ1v) is 11.7. The van der Waals surface area contributed by atoms with E-state index in [-0.39, 0.29) is 25.4 Å². The molecule has 0 bridgehead atoms. The van der Waals surface area contributed by atoms with Gasteiger partial charge in [-0.25, -0.2) is 4.79 Å². The fourth-order valence-corrected chi connectivity index (χ4v) is 4.31. The standard InChI is InChI=1S/C16H20BrCl3NO6P/c1-3-26-28(24,27-4-2)14(21-15(23)25-10-16(18,19)20)9-13(22)11-5-7-12(17)8-6-11/h5-8,14H,3-4,9-10H2,1-2H3,(H,21,23)/t14-/m1/s1. The van der Waals surface area contributed by atoms with E-state index in [2.05, 4.69) is 21.2 Å². The fourth-order valence-electron chi connectivity index (χ4n) is 2.07. The number of carbonyl (C=O) groups is 2. The average Bonchev–Trinajstić information content (AvgIpc) is 2.59. The van der Waals surface area contributed by atoms with Gasteiger partial charge in [-0.05, 0) is 26.0 Å². The lowest BCUT2D eigenvalue weighted by molar-refractivity contribution is 0.0965. The van der Waals surface area contributed by atoms with Crippen LogP contribution < -0.4 is 5.32 Å². The van der Waals surface area contributed by atoms with Crippen LogP contribution in [0, 0.1) is 0 Å². The Morgan fingerprint density at radius 1 is 1.14 bits per heavy atom. The molecule has 0 radical (unpaired) electrons. The van der Waals surface area contributed by atoms with E-state index in [1.165, 1.54) is 0 Å². The molecule has 0 aliphatic carbocycles. The molecule has 7 nitrogen and oxygen atoms in total. The largest absolute Gasteiger partial charge is 0.445 e. The number of hydrogen-bond donors (Lipinski definition) is 1. The first-order valence-electron chi connectivity index (χ1n) is 8.18. The highest BCUT2D eigenvalue weighted by Crippen LogP contribution is 2.53. The molecule has 0 spiro atoms. The van der Waals surface area contributed by atoms with Crippen LogP contribution in [0.4, 0.5) is 4.79 Å². The van der Waals surface area contributed by atoms with Gasteiger partial charge in [-0.15, -0.1) is 0 Å². The van der Waals surface area contributed by atoms with E-state index >= 15 is 0 Å². The summed E-state index contributed by atoms with van der Waals surface area (Å²) in [6.45, 7) is 2.78. The molecule has 1 N–H and O–H groups in total. The van der Waals surface area contributed by atoms with Crippen LogP contribution in [0.1, 0.15) is 30.6 Å². The Morgan fingerprint density at radius 3 is 2.14 bits per heavy atom. The molecule has 1 amide bonds. The van der Waals surface area contributed by atoms with E-state index in [1.807, 2.05) is 0 Å². The predicted octanol–water partition coefficient (Wildman–Crippen LogP) is 5.71. The van der Waals surface area contributed by atoms with Crippen LogP contribution in [0.5, 0.6) is 0 Å². The molecule has 12 heteroatoms. The van der Waals surface area contributed by atoms with Gasteiger partial charge in [0, 0.05) is 16.5 Å². The molecule has 1 aromatic rings. The highest BCUT2D eigenvalue weighted by molar-refractivity contribution is 9.10. The third kappa shape index (κ3) is 8.99. The minimum Gasteiger partial charge on any atom is -0.445 e. The van der Waals surface area contributed by atoms with Gasteiger partial charge in [0.15, 0.2) is 5.78 Å². The summed E-state index contributed by atoms with van der Waals surface area (Å²) >= 11 is 19.9. The zero-order chi connectivity index (χ0) is 21.4. The van der Waals surface area contributed by atoms with Crippen molar-refractivity contribution in [2.45, 2.75) is 29.8 Å². The first-order chi connectivity index (χ1) is 13.0. The molecular weight excluding hydrogens is 519 g/mol. The number of alkyl halides is 3. The number of nitrogens with one attached hydrogen (secondary N) is 1. The Labute approximate surface area is 187 Å². The Bertz CT molecular complexity index is 703. The van der Waals surface area contributed by atoms with Crippen LogP contribution in [0.3, 0.4) is 0 Å². The van der Waals surface area contributed by atoms with Gasteiger partial charge in [0.1, 0.15) is 12.4 Å². The van der Waals surface area contributed by atoms with Gasteiger partial charge in [0.05, 0.1) is 13.2 Å². The van der Waals surface area contributed by atoms with Crippen LogP contribution in [0.25, 0.3) is 0 Å². The molecule has 0 saturated carbocycles. The van der Waals surface area contributed by atoms with Gasteiger partial charge in [0.25, 0.3) is 0 Å². The molecule has 158 valence electrons. The van der Waals surface area contributed by atoms with Crippen molar-refractivity contribution in [1.82, 2.24) is 5.32 Å². The summed E-state index contributed by atoms with van der Waals surface area (Å²) in [6.07, 6.45) is -1.37. The lowest BCUT2D eigenvalue weighted by Crippen LogP contribution is -2.39. The summed E-state index contributed by atoms with van der Waals surface area (Å²) in [5.41, 5.74) is 0.365. The molecule has 28 heavy (non-hydrogen) atoms. The van der Waals surface area contributed by atoms with Crippen molar-refractivity contribution in [2.75, 3.05) is 19.8 Å². The number of rotatable bonds is 10. The van der Waals surface area contributed by atoms with Crippen molar-refractivity contribution in [3.8, 4) is 0 Å². The van der Waals surface area contributed by atoms with Gasteiger partial charge in [-0.2, -0.15) is 0 Å². The van der Waals surface area contributed by atoms with Gasteiger partial charge in [-0.3, -0.25) is 9.36 Å². The number of ether oxygens (including phenoxy) is 1. The fraction of sp³-hybridized carbons (Fsp3) is 0.500. The predicted molar refractivity (Wildman–Crippen MR) is 113 cm³/mol. The molecule has 0 fully saturated rings. The summed E-state index contributed by atoms with van der Waals surface area (Å²) in [7, 11) is -3.87. The average molecular weight is 540 g/mol. The number of ketones is 1. The normalized spacial score (nSPS) is 13.1. The first kappa shape index (κ1) is 25.7. The van der Waals surface area contributed by atoms with E-state index in [4.69, 9.17) is 48.6 Å². The van der Waals surface area contributed by atoms with Crippen molar-refractivity contribution in [1.29, 1.82) is 0 Å². The van der Waals surface area contributed by atoms with Crippen molar-refractivity contribution in [2.24, 2.45) is 0 Å². The number of halogens is 4. The molecule has 1 rings (SSSR count). The second kappa shape index (κ2) is 11.7. The SMILES string of the molecule is CCOP(=O)(OCC)[C@H](CC(=O)c1ccc(Br)cc1)NC(=O)OCC(Cl)(Cl)Cl. The van der Waals surface area contributed by atoms with Gasteiger partial charge < -0.3 is 19.1 Å². The zero-order valence-electron chi connectivity index (χ0n) is 15.1. The summed E-state index contributed by atoms with van der Waals surface area (Å²) in [4.78, 5) is 24.7. The summed E-state index contributed by atoms with van der Waals surface area (Å²) in [5, 5.41) is 2.33. The lowest BCUT2D eigenvalue weighted by Gasteiger charge is -2.26. The third-order valence-corrected chi connectivity index (χ3v) is 6.36. The van der Waals surface area contributed by atoms with Gasteiger partial charge in [0.2, 0.25) is 3.79 Å². The summed E-state index contributed by atoms with van der Waals surface area (Å²) < 4.78 is 27.4. The minimum absolute atomic E-state index is 0.0468. The van der Waals surface area contributed by atoms with Crippen molar-refractivity contribution < 1.29 is 27.9 Å². The highest BCUT2D eigenvalue weighted by atomic mass is 79.9. The lowest BCUT2D eigenvalue weighted by atomic mass is 10.1. The quantitative estimate of drug-likeness (QED) is 0.233. The Hall–Kier alpha value is -0.340. The molecule has 1 atom stereocenters. The topological polar surface area (TPSA) is 90.9 Å². The van der Waals surface area contributed by atoms with Crippen LogP contribution in [0.2, 0.25) is 0 Å². The number of Topliss-reactive ketones (excluding diaryl/α,β-unsaturated/α-hetero) is 1. The van der Waals surface area contributed by atoms with E-state index in [1.54, 1.807) is 38.1 Å². The molecular formula is C16H20BrCl3NO6P. The van der Waals surface area contributed by atoms with Gasteiger partial charge >= 0.3 is 13.7 Å².